The number of benzene rings is 1. The molecule has 1 aromatic carbocycles. The molecule has 2 N–H and O–H groups in total. The largest absolute Gasteiger partial charge is 0.442 e. The minimum Gasteiger partial charge on any atom is -0.442 e. The van der Waals surface area contributed by atoms with Crippen molar-refractivity contribution in [3.05, 3.63) is 35.7 Å². The van der Waals surface area contributed by atoms with Gasteiger partial charge in [0.05, 0.1) is 31.1 Å². The third kappa shape index (κ3) is 3.21. The van der Waals surface area contributed by atoms with Gasteiger partial charge in [0.15, 0.2) is 0 Å². The number of fused-ring (bicyclic) bond motifs is 1. The highest BCUT2D eigenvalue weighted by Gasteiger charge is 2.55. The average Bonchev–Trinajstić information content (AvgIpc) is 3.08. The Kier molecular flexibility index (Phi) is 4.70. The molecule has 2 amide bonds. The lowest BCUT2D eigenvalue weighted by Gasteiger charge is -2.41. The van der Waals surface area contributed by atoms with Crippen LogP contribution in [0.5, 0.6) is 0 Å². The van der Waals surface area contributed by atoms with Crippen LogP contribution in [0, 0.1) is 5.92 Å². The smallest absolute Gasteiger partial charge is 0.414 e. The molecule has 2 aliphatic heterocycles. The number of carbonyl (C=O) groups is 4. The topological polar surface area (TPSA) is 105 Å². The molecule has 1 saturated carbocycles. The molecule has 0 aromatic heterocycles. The number of nitrogens with one attached hydrogen (secondary N) is 2. The number of hydrogen-bond acceptors (Lipinski definition) is 6. The van der Waals surface area contributed by atoms with E-state index in [9.17, 15) is 23.6 Å². The number of Topliss-reactive ketones (excluding diaryl/α,β-unsaturated/α-hetero) is 2. The summed E-state index contributed by atoms with van der Waals surface area (Å²) < 4.78 is 20.0. The van der Waals surface area contributed by atoms with Crippen molar-refractivity contribution in [1.29, 1.82) is 0 Å². The minimum atomic E-state index is -0.816. The van der Waals surface area contributed by atoms with E-state index in [2.05, 4.69) is 10.6 Å². The van der Waals surface area contributed by atoms with Crippen molar-refractivity contribution in [1.82, 2.24) is 10.6 Å². The molecule has 4 atom stereocenters. The Morgan fingerprint density at radius 2 is 1.93 bits per heavy atom. The summed E-state index contributed by atoms with van der Waals surface area (Å²) in [6.45, 7) is 3.48. The molecule has 9 heteroatoms. The number of ketones is 2. The van der Waals surface area contributed by atoms with Gasteiger partial charge in [-0.1, -0.05) is 12.1 Å². The molecule has 3 aliphatic rings. The number of carbonyl (C=O) groups excluding carboxylic acids is 4. The van der Waals surface area contributed by atoms with E-state index < -0.39 is 47.6 Å². The predicted molar refractivity (Wildman–Crippen MR) is 101 cm³/mol. The van der Waals surface area contributed by atoms with Gasteiger partial charge in [-0.2, -0.15) is 0 Å². The molecule has 2 heterocycles. The van der Waals surface area contributed by atoms with E-state index >= 15 is 0 Å². The van der Waals surface area contributed by atoms with Crippen LogP contribution in [0.1, 0.15) is 19.4 Å². The molecule has 152 valence electrons. The lowest BCUT2D eigenvalue weighted by Crippen LogP contribution is -2.64. The zero-order chi connectivity index (χ0) is 20.9. The summed E-state index contributed by atoms with van der Waals surface area (Å²) in [5.74, 6) is -2.60. The number of hydrogen-bond donors (Lipinski definition) is 2. The van der Waals surface area contributed by atoms with Crippen LogP contribution in [0.2, 0.25) is 0 Å². The summed E-state index contributed by atoms with van der Waals surface area (Å²) in [6.07, 6.45) is -0.996. The maximum absolute atomic E-state index is 14.8. The van der Waals surface area contributed by atoms with Crippen LogP contribution in [0.3, 0.4) is 0 Å². The highest BCUT2D eigenvalue weighted by molar-refractivity contribution is 6.49. The third-order valence-electron chi connectivity index (χ3n) is 5.46. The van der Waals surface area contributed by atoms with Gasteiger partial charge in [0, 0.05) is 18.2 Å². The fourth-order valence-corrected chi connectivity index (χ4v) is 3.94. The molecule has 0 bridgehead atoms. The van der Waals surface area contributed by atoms with Crippen molar-refractivity contribution in [3.63, 3.8) is 0 Å². The maximum Gasteiger partial charge on any atom is 0.414 e. The van der Waals surface area contributed by atoms with Crippen molar-refractivity contribution in [2.75, 3.05) is 18.0 Å². The van der Waals surface area contributed by atoms with Gasteiger partial charge in [0.25, 0.3) is 0 Å². The van der Waals surface area contributed by atoms with Crippen LogP contribution in [0.15, 0.2) is 30.1 Å². The number of anilines is 1. The van der Waals surface area contributed by atoms with Gasteiger partial charge in [0.2, 0.25) is 17.5 Å². The number of nitrogens with zero attached hydrogens (tertiary/aromatic N) is 1. The van der Waals surface area contributed by atoms with Crippen LogP contribution in [0.25, 0.3) is 5.57 Å². The summed E-state index contributed by atoms with van der Waals surface area (Å²) in [4.78, 5) is 48.3. The average molecular weight is 401 g/mol. The molecule has 3 unspecified atom stereocenters. The summed E-state index contributed by atoms with van der Waals surface area (Å²) in [7, 11) is 0. The fourth-order valence-electron chi connectivity index (χ4n) is 3.94. The van der Waals surface area contributed by atoms with Gasteiger partial charge in [-0.15, -0.1) is 0 Å². The van der Waals surface area contributed by atoms with Gasteiger partial charge in [0.1, 0.15) is 11.9 Å². The van der Waals surface area contributed by atoms with Crippen molar-refractivity contribution < 1.29 is 28.3 Å². The first-order valence-electron chi connectivity index (χ1n) is 9.34. The van der Waals surface area contributed by atoms with Crippen LogP contribution in [0.4, 0.5) is 14.9 Å². The van der Waals surface area contributed by atoms with Crippen LogP contribution in [-0.2, 0) is 19.1 Å². The number of halogens is 1. The molecule has 2 fully saturated rings. The highest BCUT2D eigenvalue weighted by Crippen LogP contribution is 2.42. The molecular formula is C20H20FN3O5. The summed E-state index contributed by atoms with van der Waals surface area (Å²) in [6, 6.07) is 5.20. The van der Waals surface area contributed by atoms with Crippen LogP contribution in [-0.4, -0.2) is 54.8 Å². The molecule has 29 heavy (non-hydrogen) atoms. The van der Waals surface area contributed by atoms with E-state index in [0.29, 0.717) is 11.3 Å². The Morgan fingerprint density at radius 1 is 1.24 bits per heavy atom. The van der Waals surface area contributed by atoms with Gasteiger partial charge in [-0.3, -0.25) is 24.6 Å². The Balaban J connectivity index is 1.54. The van der Waals surface area contributed by atoms with Crippen LogP contribution >= 0.6 is 0 Å². The molecule has 4 rings (SSSR count). The molecular weight excluding hydrogens is 381 g/mol. The second kappa shape index (κ2) is 7.07. The van der Waals surface area contributed by atoms with E-state index in [1.54, 1.807) is 31.2 Å². The van der Waals surface area contributed by atoms with E-state index in [1.165, 1.54) is 11.8 Å². The van der Waals surface area contributed by atoms with E-state index in [-0.39, 0.29) is 24.6 Å². The molecule has 0 radical (unpaired) electrons. The van der Waals surface area contributed by atoms with Gasteiger partial charge >= 0.3 is 6.09 Å². The monoisotopic (exact) mass is 401 g/mol. The molecule has 8 nitrogen and oxygen atoms in total. The fraction of sp³-hybridized carbons (Fsp3) is 0.400. The number of ether oxygens (including phenoxy) is 1. The first kappa shape index (κ1) is 19.3. The Bertz CT molecular complexity index is 942. The first-order chi connectivity index (χ1) is 13.8. The Hall–Kier alpha value is -3.07. The Labute approximate surface area is 166 Å². The normalized spacial score (nSPS) is 28.8. The molecule has 1 aromatic rings. The van der Waals surface area contributed by atoms with Crippen molar-refractivity contribution in [2.24, 2.45) is 5.92 Å². The lowest BCUT2D eigenvalue weighted by molar-refractivity contribution is -0.148. The maximum atomic E-state index is 14.8. The SMILES string of the molecule is CC(=O)NC[C@H]1CN(c2ccc(C3=C(F)C(C)NC4C(=O)C(=O)C34)cc2)C(=O)O1. The van der Waals surface area contributed by atoms with Gasteiger partial charge in [-0.05, 0) is 24.6 Å². The number of cyclic esters (lactones) is 1. The van der Waals surface area contributed by atoms with Gasteiger partial charge in [-0.25, -0.2) is 9.18 Å². The molecule has 1 saturated heterocycles. The molecule has 0 spiro atoms. The minimum absolute atomic E-state index is 0.210. The quantitative estimate of drug-likeness (QED) is 0.728. The van der Waals surface area contributed by atoms with Crippen molar-refractivity contribution in [3.8, 4) is 0 Å². The van der Waals surface area contributed by atoms with E-state index in [4.69, 9.17) is 4.74 Å². The second-order valence-corrected chi connectivity index (χ2v) is 7.43. The van der Waals surface area contributed by atoms with Crippen molar-refractivity contribution in [2.45, 2.75) is 32.0 Å². The standard InChI is InChI=1S/C20H20FN3O5/c1-9-16(21)14(15-17(23-9)19(27)18(15)26)11-3-5-12(6-4-11)24-8-13(29-20(24)28)7-22-10(2)25/h3-6,9,13,15,17,23H,7-8H2,1-2H3,(H,22,25)/t9?,13-,15?,17?/m0/s1. The van der Waals surface area contributed by atoms with E-state index in [0.717, 1.165) is 0 Å². The summed E-state index contributed by atoms with van der Waals surface area (Å²) >= 11 is 0. The lowest BCUT2D eigenvalue weighted by atomic mass is 9.67. The highest BCUT2D eigenvalue weighted by atomic mass is 19.1. The van der Waals surface area contributed by atoms with E-state index in [1.807, 2.05) is 0 Å². The third-order valence-corrected chi connectivity index (χ3v) is 5.46. The number of amides is 2. The summed E-state index contributed by atoms with van der Waals surface area (Å²) in [5, 5.41) is 5.44. The zero-order valence-electron chi connectivity index (χ0n) is 15.9. The summed E-state index contributed by atoms with van der Waals surface area (Å²) in [5.41, 5.74) is 1.28. The molecule has 1 aliphatic carbocycles. The van der Waals surface area contributed by atoms with Crippen molar-refractivity contribution >= 4 is 34.8 Å². The second-order valence-electron chi connectivity index (χ2n) is 7.43. The predicted octanol–water partition coefficient (Wildman–Crippen LogP) is 0.957. The van der Waals surface area contributed by atoms with Crippen LogP contribution < -0.4 is 15.5 Å². The number of rotatable bonds is 4. The van der Waals surface area contributed by atoms with Gasteiger partial charge < -0.3 is 10.1 Å². The Morgan fingerprint density at radius 3 is 2.59 bits per heavy atom. The first-order valence-corrected chi connectivity index (χ1v) is 9.34. The zero-order valence-corrected chi connectivity index (χ0v) is 15.9.